The normalized spacial score (nSPS) is 14.9. The second-order valence-corrected chi connectivity index (χ2v) is 9.09. The van der Waals surface area contributed by atoms with Gasteiger partial charge in [-0.25, -0.2) is 19.4 Å². The molecule has 1 aliphatic rings. The SMILES string of the molecule is CC(C)(C)OC(=O)N1CCC(n2ncc3c(Nc4ccc(C#N)cc4Cl)ncnc32)CC1. The second kappa shape index (κ2) is 8.63. The van der Waals surface area contributed by atoms with E-state index in [1.54, 1.807) is 29.3 Å². The number of nitrogens with zero attached hydrogens (tertiary/aromatic N) is 6. The lowest BCUT2D eigenvalue weighted by Gasteiger charge is -2.33. The Morgan fingerprint density at radius 1 is 1.28 bits per heavy atom. The molecule has 1 aromatic carbocycles. The first kappa shape index (κ1) is 21.8. The molecule has 1 fully saturated rings. The average Bonchev–Trinajstić information content (AvgIpc) is 3.19. The number of ether oxygens (including phenoxy) is 1. The highest BCUT2D eigenvalue weighted by Crippen LogP contribution is 2.31. The molecule has 3 heterocycles. The van der Waals surface area contributed by atoms with Crippen LogP contribution < -0.4 is 5.32 Å². The minimum Gasteiger partial charge on any atom is -0.444 e. The van der Waals surface area contributed by atoms with Crippen molar-refractivity contribution in [3.8, 4) is 6.07 Å². The molecule has 0 atom stereocenters. The summed E-state index contributed by atoms with van der Waals surface area (Å²) < 4.78 is 7.37. The molecular formula is C22H24ClN7O2. The van der Waals surface area contributed by atoms with Gasteiger partial charge in [-0.05, 0) is 51.8 Å². The lowest BCUT2D eigenvalue weighted by molar-refractivity contribution is 0.0186. The maximum Gasteiger partial charge on any atom is 0.410 e. The highest BCUT2D eigenvalue weighted by atomic mass is 35.5. The minimum atomic E-state index is -0.510. The summed E-state index contributed by atoms with van der Waals surface area (Å²) in [6.07, 6.45) is 4.44. The Morgan fingerprint density at radius 3 is 2.69 bits per heavy atom. The van der Waals surface area contributed by atoms with E-state index < -0.39 is 5.60 Å². The second-order valence-electron chi connectivity index (χ2n) is 8.68. The fraction of sp³-hybridized carbons (Fsp3) is 0.409. The molecule has 1 amide bonds. The molecule has 0 radical (unpaired) electrons. The molecule has 1 saturated heterocycles. The van der Waals surface area contributed by atoms with Gasteiger partial charge in [0.25, 0.3) is 0 Å². The lowest BCUT2D eigenvalue weighted by Crippen LogP contribution is -2.42. The van der Waals surface area contributed by atoms with Crippen LogP contribution in [0.15, 0.2) is 30.7 Å². The summed E-state index contributed by atoms with van der Waals surface area (Å²) in [4.78, 5) is 22.9. The zero-order valence-corrected chi connectivity index (χ0v) is 18.9. The molecule has 2 aromatic heterocycles. The number of likely N-dealkylation sites (tertiary alicyclic amines) is 1. The Kier molecular flexibility index (Phi) is 5.89. The summed E-state index contributed by atoms with van der Waals surface area (Å²) in [5.41, 5.74) is 1.33. The van der Waals surface area contributed by atoms with E-state index in [2.05, 4.69) is 26.5 Å². The molecule has 0 spiro atoms. The highest BCUT2D eigenvalue weighted by molar-refractivity contribution is 6.33. The molecule has 1 aliphatic heterocycles. The molecule has 32 heavy (non-hydrogen) atoms. The molecule has 1 N–H and O–H groups in total. The minimum absolute atomic E-state index is 0.118. The van der Waals surface area contributed by atoms with E-state index >= 15 is 0 Å². The Labute approximate surface area is 191 Å². The van der Waals surface area contributed by atoms with Crippen molar-refractivity contribution in [2.24, 2.45) is 0 Å². The third-order valence-corrected chi connectivity index (χ3v) is 5.52. The molecular weight excluding hydrogens is 430 g/mol. The van der Waals surface area contributed by atoms with Gasteiger partial charge >= 0.3 is 6.09 Å². The van der Waals surface area contributed by atoms with Gasteiger partial charge in [-0.2, -0.15) is 10.4 Å². The first-order valence-electron chi connectivity index (χ1n) is 10.4. The van der Waals surface area contributed by atoms with Crippen LogP contribution in [0.2, 0.25) is 5.02 Å². The summed E-state index contributed by atoms with van der Waals surface area (Å²) in [5.74, 6) is 0.582. The fourth-order valence-corrected chi connectivity index (χ4v) is 3.89. The molecule has 0 aliphatic carbocycles. The van der Waals surface area contributed by atoms with Crippen molar-refractivity contribution < 1.29 is 9.53 Å². The number of benzene rings is 1. The summed E-state index contributed by atoms with van der Waals surface area (Å²) in [7, 11) is 0. The van der Waals surface area contributed by atoms with E-state index in [9.17, 15) is 4.79 Å². The van der Waals surface area contributed by atoms with Crippen molar-refractivity contribution in [2.75, 3.05) is 18.4 Å². The Morgan fingerprint density at radius 2 is 2.03 bits per heavy atom. The van der Waals surface area contributed by atoms with Crippen molar-refractivity contribution in [2.45, 2.75) is 45.3 Å². The number of nitriles is 1. The van der Waals surface area contributed by atoms with Crippen LogP contribution in [-0.2, 0) is 4.74 Å². The quantitative estimate of drug-likeness (QED) is 0.613. The highest BCUT2D eigenvalue weighted by Gasteiger charge is 2.29. The monoisotopic (exact) mass is 453 g/mol. The van der Waals surface area contributed by atoms with Gasteiger partial charge in [-0.3, -0.25) is 0 Å². The molecule has 0 saturated carbocycles. The van der Waals surface area contributed by atoms with Crippen LogP contribution in [0.3, 0.4) is 0 Å². The molecule has 9 nitrogen and oxygen atoms in total. The fourth-order valence-electron chi connectivity index (χ4n) is 3.66. The van der Waals surface area contributed by atoms with E-state index in [4.69, 9.17) is 21.6 Å². The number of nitrogens with one attached hydrogen (secondary N) is 1. The smallest absolute Gasteiger partial charge is 0.410 e. The Balaban J connectivity index is 1.51. The van der Waals surface area contributed by atoms with Gasteiger partial charge in [0.15, 0.2) is 5.65 Å². The average molecular weight is 454 g/mol. The predicted octanol–water partition coefficient (Wildman–Crippen LogP) is 4.67. The number of halogens is 1. The number of piperidine rings is 1. The molecule has 166 valence electrons. The van der Waals surface area contributed by atoms with Crippen LogP contribution in [-0.4, -0.2) is 49.4 Å². The Bertz CT molecular complexity index is 1190. The number of hydrogen-bond acceptors (Lipinski definition) is 7. The van der Waals surface area contributed by atoms with Crippen LogP contribution in [0.25, 0.3) is 11.0 Å². The van der Waals surface area contributed by atoms with Gasteiger partial charge in [0.1, 0.15) is 17.7 Å². The number of carbonyl (C=O) groups is 1. The standard InChI is InChI=1S/C22H24ClN7O2/c1-22(2,3)32-21(31)29-8-6-15(7-9-29)30-20-16(12-27-30)19(25-13-26-20)28-18-5-4-14(11-24)10-17(18)23/h4-5,10,12-13,15H,6-9H2,1-3H3,(H,25,26,28). The van der Waals surface area contributed by atoms with E-state index in [1.165, 1.54) is 6.33 Å². The number of aromatic nitrogens is 4. The third kappa shape index (κ3) is 4.60. The molecule has 4 rings (SSSR count). The molecule has 0 unspecified atom stereocenters. The maximum atomic E-state index is 12.3. The van der Waals surface area contributed by atoms with Crippen molar-refractivity contribution >= 4 is 40.2 Å². The number of rotatable bonds is 3. The zero-order valence-electron chi connectivity index (χ0n) is 18.2. The van der Waals surface area contributed by atoms with Crippen LogP contribution >= 0.6 is 11.6 Å². The number of hydrogen-bond donors (Lipinski definition) is 1. The summed E-state index contributed by atoms with van der Waals surface area (Å²) in [6, 6.07) is 7.22. The summed E-state index contributed by atoms with van der Waals surface area (Å²) in [6.45, 7) is 6.79. The van der Waals surface area contributed by atoms with Crippen LogP contribution in [0.4, 0.5) is 16.3 Å². The van der Waals surface area contributed by atoms with Crippen molar-refractivity contribution in [3.05, 3.63) is 41.3 Å². The molecule has 0 bridgehead atoms. The van der Waals surface area contributed by atoms with Gasteiger partial charge in [0, 0.05) is 13.1 Å². The summed E-state index contributed by atoms with van der Waals surface area (Å²) in [5, 5.41) is 18.0. The van der Waals surface area contributed by atoms with Crippen LogP contribution in [0.1, 0.15) is 45.2 Å². The van der Waals surface area contributed by atoms with Gasteiger partial charge < -0.3 is 15.0 Å². The predicted molar refractivity (Wildman–Crippen MR) is 121 cm³/mol. The Hall–Kier alpha value is -3.38. The first-order chi connectivity index (χ1) is 15.2. The maximum absolute atomic E-state index is 12.3. The number of anilines is 2. The summed E-state index contributed by atoms with van der Waals surface area (Å²) >= 11 is 6.30. The van der Waals surface area contributed by atoms with E-state index in [1.807, 2.05) is 25.5 Å². The molecule has 3 aromatic rings. The largest absolute Gasteiger partial charge is 0.444 e. The molecule has 10 heteroatoms. The van der Waals surface area contributed by atoms with E-state index in [0.29, 0.717) is 40.8 Å². The number of amides is 1. The van der Waals surface area contributed by atoms with Gasteiger partial charge in [-0.1, -0.05) is 11.6 Å². The number of carbonyl (C=O) groups excluding carboxylic acids is 1. The van der Waals surface area contributed by atoms with E-state index in [-0.39, 0.29) is 12.1 Å². The number of fused-ring (bicyclic) bond motifs is 1. The van der Waals surface area contributed by atoms with Gasteiger partial charge in [0.05, 0.1) is 40.0 Å². The van der Waals surface area contributed by atoms with Crippen LogP contribution in [0.5, 0.6) is 0 Å². The van der Waals surface area contributed by atoms with E-state index in [0.717, 1.165) is 18.2 Å². The van der Waals surface area contributed by atoms with Gasteiger partial charge in [0.2, 0.25) is 0 Å². The van der Waals surface area contributed by atoms with Crippen molar-refractivity contribution in [1.29, 1.82) is 5.26 Å². The van der Waals surface area contributed by atoms with Gasteiger partial charge in [-0.15, -0.1) is 0 Å². The van der Waals surface area contributed by atoms with Crippen molar-refractivity contribution in [3.63, 3.8) is 0 Å². The topological polar surface area (TPSA) is 109 Å². The zero-order chi connectivity index (χ0) is 22.9. The third-order valence-electron chi connectivity index (χ3n) is 5.20. The first-order valence-corrected chi connectivity index (χ1v) is 10.8. The lowest BCUT2D eigenvalue weighted by atomic mass is 10.1. The van der Waals surface area contributed by atoms with Crippen molar-refractivity contribution in [1.82, 2.24) is 24.6 Å². The van der Waals surface area contributed by atoms with Crippen LogP contribution in [0, 0.1) is 11.3 Å².